The molecule has 0 aliphatic heterocycles. The van der Waals surface area contributed by atoms with Crippen LogP contribution in [0.3, 0.4) is 0 Å². The number of pyridine rings is 1. The van der Waals surface area contributed by atoms with Crippen LogP contribution in [-0.2, 0) is 19.5 Å². The maximum Gasteiger partial charge on any atom is 0.152 e. The number of nitrogens with one attached hydrogen (secondary N) is 1. The lowest BCUT2D eigenvalue weighted by Gasteiger charge is -2.11. The van der Waals surface area contributed by atoms with Crippen LogP contribution in [0.1, 0.15) is 170 Å². The number of aromatic nitrogens is 3. The lowest BCUT2D eigenvalue weighted by atomic mass is 10.1. The van der Waals surface area contributed by atoms with Gasteiger partial charge < -0.3 is 15.6 Å². The lowest BCUT2D eigenvalue weighted by Crippen LogP contribution is -2.31. The van der Waals surface area contributed by atoms with Crippen LogP contribution in [0.15, 0.2) is 24.3 Å². The van der Waals surface area contributed by atoms with E-state index in [2.05, 4.69) is 92.8 Å². The summed E-state index contributed by atoms with van der Waals surface area (Å²) in [5, 5.41) is 5.66. The zero-order valence-corrected chi connectivity index (χ0v) is 31.9. The van der Waals surface area contributed by atoms with Crippen molar-refractivity contribution in [2.24, 2.45) is 0 Å². The molecule has 3 N–H and O–H groups in total. The van der Waals surface area contributed by atoms with Gasteiger partial charge in [-0.05, 0) is 43.9 Å². The van der Waals surface area contributed by atoms with E-state index in [4.69, 9.17) is 10.7 Å². The molecule has 0 aliphatic rings. The molecule has 46 heavy (non-hydrogen) atoms. The molecule has 3 aromatic rings. The number of hydrogen-bond acceptors (Lipinski definition) is 4. The molecule has 2 heterocycles. The Kier molecular flexibility index (Phi) is 26.9. The first-order valence-electron chi connectivity index (χ1n) is 19.1. The number of nitrogen functional groups attached to an aromatic ring is 1. The number of rotatable bonds is 18. The number of nitrogens with two attached hydrogens (primary N) is 1. The van der Waals surface area contributed by atoms with Gasteiger partial charge >= 0.3 is 0 Å². The van der Waals surface area contributed by atoms with Crippen molar-refractivity contribution in [3.05, 3.63) is 51.8 Å². The maximum absolute atomic E-state index is 6.39. The topological polar surface area (TPSA) is 68.8 Å². The predicted octanol–water partition coefficient (Wildman–Crippen LogP) is 10.5. The summed E-state index contributed by atoms with van der Waals surface area (Å²) in [6, 6.07) is 9.00. The first kappa shape index (κ1) is 43.3. The van der Waals surface area contributed by atoms with Gasteiger partial charge in [-0.15, -0.1) is 0 Å². The predicted molar refractivity (Wildman–Crippen MR) is 208 cm³/mol. The van der Waals surface area contributed by atoms with Gasteiger partial charge in [0.1, 0.15) is 11.3 Å². The normalized spacial score (nSPS) is 11.4. The fourth-order valence-electron chi connectivity index (χ4n) is 5.35. The molecule has 2 aromatic heterocycles. The van der Waals surface area contributed by atoms with E-state index in [1.807, 2.05) is 27.7 Å². The monoisotopic (exact) mass is 636 g/mol. The molecule has 0 radical (unpaired) electrons. The zero-order chi connectivity index (χ0) is 34.6. The Morgan fingerprint density at radius 1 is 0.717 bits per heavy atom. The van der Waals surface area contributed by atoms with E-state index in [-0.39, 0.29) is 0 Å². The highest BCUT2D eigenvalue weighted by atomic mass is 15.1. The van der Waals surface area contributed by atoms with E-state index in [1.165, 1.54) is 75.3 Å². The molecule has 0 amide bonds. The van der Waals surface area contributed by atoms with Crippen molar-refractivity contribution in [3.63, 3.8) is 0 Å². The summed E-state index contributed by atoms with van der Waals surface area (Å²) in [7, 11) is 0. The lowest BCUT2D eigenvalue weighted by molar-refractivity contribution is 0.598. The van der Waals surface area contributed by atoms with Crippen molar-refractivity contribution in [3.8, 4) is 0 Å². The van der Waals surface area contributed by atoms with Gasteiger partial charge in [0.15, 0.2) is 5.82 Å². The first-order chi connectivity index (χ1) is 22.5. The number of unbranched alkanes of at least 4 members (excludes halogenated alkanes) is 9. The second-order valence-corrected chi connectivity index (χ2v) is 11.6. The van der Waals surface area contributed by atoms with Gasteiger partial charge in [0, 0.05) is 24.7 Å². The fourth-order valence-corrected chi connectivity index (χ4v) is 5.35. The minimum absolute atomic E-state index is 0.525. The van der Waals surface area contributed by atoms with E-state index in [0.29, 0.717) is 5.82 Å². The number of fused-ring (bicyclic) bond motifs is 1. The molecule has 262 valence electrons. The summed E-state index contributed by atoms with van der Waals surface area (Å²) in [5.74, 6) is 1.62. The van der Waals surface area contributed by atoms with E-state index < -0.39 is 0 Å². The minimum atomic E-state index is 0.525. The van der Waals surface area contributed by atoms with Gasteiger partial charge in [-0.2, -0.15) is 0 Å². The third-order valence-corrected chi connectivity index (χ3v) is 7.86. The molecule has 5 heteroatoms. The van der Waals surface area contributed by atoms with Crippen molar-refractivity contribution in [2.45, 2.75) is 172 Å². The average Bonchev–Trinajstić information content (AvgIpc) is 3.45. The quantitative estimate of drug-likeness (QED) is 0.136. The summed E-state index contributed by atoms with van der Waals surface area (Å²) in [4.78, 5) is 9.65. The van der Waals surface area contributed by atoms with Crippen LogP contribution in [0, 0.1) is 0 Å². The van der Waals surface area contributed by atoms with Gasteiger partial charge in [-0.1, -0.05) is 163 Å². The molecule has 1 aromatic carbocycles. The molecule has 3 rings (SSSR count). The number of nitrogens with zero attached hydrogens (tertiary/aromatic N) is 3. The maximum atomic E-state index is 6.39. The van der Waals surface area contributed by atoms with Gasteiger partial charge in [0.25, 0.3) is 0 Å². The molecule has 0 bridgehead atoms. The molecule has 0 spiro atoms. The van der Waals surface area contributed by atoms with Crippen molar-refractivity contribution in [1.29, 1.82) is 0 Å². The highest BCUT2D eigenvalue weighted by Crippen LogP contribution is 2.20. The second-order valence-electron chi connectivity index (χ2n) is 11.6. The van der Waals surface area contributed by atoms with Crippen LogP contribution in [0.25, 0.3) is 23.2 Å². The molecule has 0 aliphatic carbocycles. The summed E-state index contributed by atoms with van der Waals surface area (Å²) < 4.78 is 2.37. The minimum Gasteiger partial charge on any atom is -0.382 e. The smallest absolute Gasteiger partial charge is 0.152 e. The highest BCUT2D eigenvalue weighted by molar-refractivity contribution is 5.86. The summed E-state index contributed by atoms with van der Waals surface area (Å²) in [5.41, 5.74) is 10.9. The summed E-state index contributed by atoms with van der Waals surface area (Å²) in [6.45, 7) is 24.0. The molecule has 0 fully saturated rings. The fraction of sp³-hybridized carbons (Fsp3) is 0.659. The zero-order valence-electron chi connectivity index (χ0n) is 31.9. The third-order valence-electron chi connectivity index (χ3n) is 7.86. The Morgan fingerprint density at radius 2 is 1.26 bits per heavy atom. The van der Waals surface area contributed by atoms with Crippen molar-refractivity contribution in [2.75, 3.05) is 12.3 Å². The van der Waals surface area contributed by atoms with Crippen LogP contribution >= 0.6 is 0 Å². The number of benzene rings is 1. The van der Waals surface area contributed by atoms with Gasteiger partial charge in [-0.25, -0.2) is 9.97 Å². The molecule has 0 saturated heterocycles. The van der Waals surface area contributed by atoms with Crippen LogP contribution < -0.4 is 21.6 Å². The Balaban J connectivity index is 0.00000145. The summed E-state index contributed by atoms with van der Waals surface area (Å²) in [6.07, 6.45) is 22.1. The van der Waals surface area contributed by atoms with Crippen molar-refractivity contribution in [1.82, 2.24) is 19.9 Å². The van der Waals surface area contributed by atoms with Gasteiger partial charge in [-0.3, -0.25) is 0 Å². The average molecular weight is 636 g/mol. The molecular weight excluding hydrogens is 562 g/mol. The van der Waals surface area contributed by atoms with E-state index in [0.717, 1.165) is 72.7 Å². The molecular formula is C41H73N5. The Morgan fingerprint density at radius 3 is 1.78 bits per heavy atom. The number of hydrogen-bond donors (Lipinski definition) is 2. The SMILES string of the molecule is C/C=c1\c(=C/CC)nc(N)c2nc(CCCC)n(Cc3ccc(CNCCCCCC)cc3)c12.CC.CC.CCCCCCCC. The molecule has 0 atom stereocenters. The number of aryl methyl sites for hydroxylation is 1. The van der Waals surface area contributed by atoms with E-state index in [1.54, 1.807) is 0 Å². The van der Waals surface area contributed by atoms with Crippen LogP contribution in [0.5, 0.6) is 0 Å². The highest BCUT2D eigenvalue weighted by Gasteiger charge is 2.16. The Bertz CT molecular complexity index is 1250. The third kappa shape index (κ3) is 15.8. The van der Waals surface area contributed by atoms with E-state index in [9.17, 15) is 0 Å². The van der Waals surface area contributed by atoms with E-state index >= 15 is 0 Å². The van der Waals surface area contributed by atoms with Gasteiger partial charge in [0.2, 0.25) is 0 Å². The molecule has 0 saturated carbocycles. The van der Waals surface area contributed by atoms with Gasteiger partial charge in [0.05, 0.1) is 10.9 Å². The van der Waals surface area contributed by atoms with Crippen LogP contribution in [-0.4, -0.2) is 21.1 Å². The standard InChI is InChI=1S/C29H43N5.C8H18.2C2H6/c1-5-9-11-12-19-31-20-22-15-17-23(18-16-22)21-34-26(14-10-6-2)33-27-28(34)24(8-4)25(13-7-3)32-29(27)30;1-3-5-7-8-6-4-2;2*1-2/h8,13,15-18,31H,5-7,9-12,14,19-21H2,1-4H3,(H2,30,32);3-8H2,1-2H3;2*1-2H3/b24-8+,25-13+;;;. The number of anilines is 1. The van der Waals surface area contributed by atoms with Crippen molar-refractivity contribution < 1.29 is 0 Å². The molecule has 5 nitrogen and oxygen atoms in total. The van der Waals surface area contributed by atoms with Crippen LogP contribution in [0.4, 0.5) is 5.82 Å². The Hall–Kier alpha value is -2.66. The number of imidazole rings is 1. The molecule has 0 unspecified atom stereocenters. The Labute approximate surface area is 284 Å². The second kappa shape index (κ2) is 28.6. The first-order valence-corrected chi connectivity index (χ1v) is 19.1. The summed E-state index contributed by atoms with van der Waals surface area (Å²) >= 11 is 0. The van der Waals surface area contributed by atoms with Crippen LogP contribution in [0.2, 0.25) is 0 Å². The van der Waals surface area contributed by atoms with Crippen molar-refractivity contribution >= 4 is 29.0 Å². The largest absolute Gasteiger partial charge is 0.382 e.